The Morgan fingerprint density at radius 1 is 1.06 bits per heavy atom. The van der Waals surface area contributed by atoms with Gasteiger partial charge in [0.2, 0.25) is 6.41 Å². The Morgan fingerprint density at radius 2 is 1.84 bits per heavy atom. The lowest BCUT2D eigenvalue weighted by Gasteiger charge is -2.53. The lowest BCUT2D eigenvalue weighted by molar-refractivity contribution is -0.121. The van der Waals surface area contributed by atoms with Crippen LogP contribution in [0.5, 0.6) is 0 Å². The molecule has 0 bridgehead atoms. The number of aromatic nitrogens is 3. The van der Waals surface area contributed by atoms with E-state index in [1.54, 1.807) is 0 Å². The monoisotopic (exact) mass is 432 g/mol. The molecular weight excluding hydrogens is 402 g/mol. The summed E-state index contributed by atoms with van der Waals surface area (Å²) < 4.78 is 0.696. The number of rotatable bonds is 4. The summed E-state index contributed by atoms with van der Waals surface area (Å²) >= 11 is 0. The van der Waals surface area contributed by atoms with Crippen molar-refractivity contribution in [1.29, 1.82) is 0 Å². The Balaban J connectivity index is 1.68. The quantitative estimate of drug-likeness (QED) is 0.506. The molecule has 0 spiro atoms. The van der Waals surface area contributed by atoms with Gasteiger partial charge in [-0.1, -0.05) is 35.4 Å². The molecule has 7 heteroatoms. The van der Waals surface area contributed by atoms with Gasteiger partial charge in [-0.05, 0) is 25.8 Å². The van der Waals surface area contributed by atoms with Crippen LogP contribution in [0.3, 0.4) is 0 Å². The van der Waals surface area contributed by atoms with Gasteiger partial charge in [-0.25, -0.2) is 0 Å². The van der Waals surface area contributed by atoms with Crippen molar-refractivity contribution < 1.29 is 9.90 Å². The van der Waals surface area contributed by atoms with E-state index in [-0.39, 0.29) is 12.1 Å². The summed E-state index contributed by atoms with van der Waals surface area (Å²) in [7, 11) is 0. The number of hydrogen-bond donors (Lipinski definition) is 1. The van der Waals surface area contributed by atoms with Gasteiger partial charge < -0.3 is 10.0 Å². The van der Waals surface area contributed by atoms with Crippen LogP contribution in [-0.2, 0) is 4.79 Å². The summed E-state index contributed by atoms with van der Waals surface area (Å²) in [5.74, 6) is 0.951. The topological polar surface area (TPSA) is 79.2 Å². The second-order valence-electron chi connectivity index (χ2n) is 9.23. The Morgan fingerprint density at radius 3 is 2.56 bits per heavy atom. The summed E-state index contributed by atoms with van der Waals surface area (Å²) in [6.45, 7) is 4.39. The lowest BCUT2D eigenvalue weighted by atomic mass is 9.87. The average molecular weight is 433 g/mol. The zero-order valence-electron chi connectivity index (χ0n) is 18.5. The first kappa shape index (κ1) is 21.0. The molecule has 1 aliphatic heterocycles. The van der Waals surface area contributed by atoms with Crippen LogP contribution in [0.15, 0.2) is 48.8 Å². The molecule has 1 aliphatic carbocycles. The fourth-order valence-electron chi connectivity index (χ4n) is 5.84. The number of hydrogen-bond acceptors (Lipinski definition) is 5. The summed E-state index contributed by atoms with van der Waals surface area (Å²) in [6, 6.07) is 12.7. The Labute approximate surface area is 188 Å². The minimum Gasteiger partial charge on any atom is -0.393 e. The SMILES string of the molecule is C[C@@H]1CN(C=O)CC[N@+]1(c1nnc(-c2ccccc2)c2ccncc12)C1CCC(O)CC1. The van der Waals surface area contributed by atoms with Gasteiger partial charge in [0.1, 0.15) is 18.3 Å². The van der Waals surface area contributed by atoms with Crippen LogP contribution < -0.4 is 4.48 Å². The van der Waals surface area contributed by atoms with Gasteiger partial charge in [0, 0.05) is 36.2 Å². The first-order valence-corrected chi connectivity index (χ1v) is 11.5. The van der Waals surface area contributed by atoms with Gasteiger partial charge in [-0.3, -0.25) is 14.3 Å². The van der Waals surface area contributed by atoms with Crippen LogP contribution in [0.2, 0.25) is 0 Å². The molecule has 2 aromatic heterocycles. The van der Waals surface area contributed by atoms with Crippen molar-refractivity contribution in [3.8, 4) is 11.3 Å². The van der Waals surface area contributed by atoms with E-state index in [2.05, 4.69) is 24.0 Å². The summed E-state index contributed by atoms with van der Waals surface area (Å²) in [5.41, 5.74) is 1.90. The third-order valence-corrected chi connectivity index (χ3v) is 7.51. The Hall–Kier alpha value is -2.90. The molecule has 0 radical (unpaired) electrons. The van der Waals surface area contributed by atoms with E-state index in [0.717, 1.165) is 66.5 Å². The van der Waals surface area contributed by atoms with Crippen LogP contribution in [0.1, 0.15) is 32.6 Å². The van der Waals surface area contributed by atoms with Crippen LogP contribution in [0, 0.1) is 0 Å². The molecule has 32 heavy (non-hydrogen) atoms. The molecule has 3 heterocycles. The van der Waals surface area contributed by atoms with Gasteiger partial charge >= 0.3 is 0 Å². The first-order chi connectivity index (χ1) is 15.6. The predicted molar refractivity (Wildman–Crippen MR) is 125 cm³/mol. The van der Waals surface area contributed by atoms with Crippen LogP contribution >= 0.6 is 0 Å². The van der Waals surface area contributed by atoms with Crippen molar-refractivity contribution in [3.05, 3.63) is 48.8 Å². The molecule has 7 nitrogen and oxygen atoms in total. The number of amides is 1. The molecule has 166 valence electrons. The highest BCUT2D eigenvalue weighted by Gasteiger charge is 2.50. The van der Waals surface area contributed by atoms with Gasteiger partial charge in [0.05, 0.1) is 30.6 Å². The number of aliphatic hydroxyl groups is 1. The zero-order chi connectivity index (χ0) is 22.1. The third-order valence-electron chi connectivity index (χ3n) is 7.51. The molecule has 2 fully saturated rings. The van der Waals surface area contributed by atoms with Crippen molar-refractivity contribution >= 4 is 23.0 Å². The second-order valence-corrected chi connectivity index (χ2v) is 9.23. The van der Waals surface area contributed by atoms with E-state index in [9.17, 15) is 9.90 Å². The van der Waals surface area contributed by atoms with E-state index in [0.29, 0.717) is 23.6 Å². The fraction of sp³-hybridized carbons (Fsp3) is 0.440. The normalized spacial score (nSPS) is 28.6. The van der Waals surface area contributed by atoms with Crippen molar-refractivity contribution in [2.45, 2.75) is 50.8 Å². The Kier molecular flexibility index (Phi) is 5.61. The molecule has 5 rings (SSSR count). The Bertz CT molecular complexity index is 1100. The van der Waals surface area contributed by atoms with E-state index >= 15 is 0 Å². The minimum atomic E-state index is -0.220. The number of fused-ring (bicyclic) bond motifs is 1. The van der Waals surface area contributed by atoms with Crippen molar-refractivity contribution in [2.24, 2.45) is 0 Å². The average Bonchev–Trinajstić information content (AvgIpc) is 2.85. The molecule has 1 aromatic carbocycles. The lowest BCUT2D eigenvalue weighted by Crippen LogP contribution is -2.70. The standard InChI is InChI=1S/C25H30N5O2/c1-18-16-29(17-31)13-14-30(18,20-7-9-21(32)10-8-20)25-23-15-26-12-11-22(23)24(27-28-25)19-5-3-2-4-6-19/h2-6,11-12,15,17-18,20-21,32H,7-10,13-14,16H2,1H3/q+1/t18-,20?,21?,30-/m1/s1. The molecule has 2 atom stereocenters. The smallest absolute Gasteiger partial charge is 0.257 e. The molecule has 1 saturated carbocycles. The minimum absolute atomic E-state index is 0.175. The maximum atomic E-state index is 11.5. The van der Waals surface area contributed by atoms with Gasteiger partial charge in [0.15, 0.2) is 0 Å². The highest BCUT2D eigenvalue weighted by molar-refractivity contribution is 5.99. The maximum absolute atomic E-state index is 11.5. The number of piperazine rings is 1. The third kappa shape index (κ3) is 3.45. The first-order valence-electron chi connectivity index (χ1n) is 11.5. The zero-order valence-corrected chi connectivity index (χ0v) is 18.5. The number of quaternary nitrogens is 1. The van der Waals surface area contributed by atoms with Crippen LogP contribution in [-0.4, -0.2) is 69.4 Å². The number of carbonyl (C=O) groups excluding carboxylic acids is 1. The molecular formula is C25H30N5O2+. The molecule has 3 aromatic rings. The van der Waals surface area contributed by atoms with E-state index in [1.165, 1.54) is 0 Å². The molecule has 1 amide bonds. The fourth-order valence-corrected chi connectivity index (χ4v) is 5.84. The number of pyridine rings is 1. The highest BCUT2D eigenvalue weighted by Crippen LogP contribution is 2.42. The second kappa shape index (κ2) is 8.56. The van der Waals surface area contributed by atoms with E-state index in [4.69, 9.17) is 10.2 Å². The van der Waals surface area contributed by atoms with Gasteiger partial charge in [-0.2, -0.15) is 0 Å². The maximum Gasteiger partial charge on any atom is 0.257 e. The molecule has 2 aliphatic rings. The van der Waals surface area contributed by atoms with Crippen LogP contribution in [0.25, 0.3) is 22.0 Å². The van der Waals surface area contributed by atoms with Crippen molar-refractivity contribution in [1.82, 2.24) is 24.6 Å². The largest absolute Gasteiger partial charge is 0.393 e. The number of aliphatic hydroxyl groups excluding tert-OH is 1. The van der Waals surface area contributed by atoms with Gasteiger partial charge in [0.25, 0.3) is 5.82 Å². The number of nitrogens with zero attached hydrogens (tertiary/aromatic N) is 5. The van der Waals surface area contributed by atoms with Crippen molar-refractivity contribution in [3.63, 3.8) is 0 Å². The summed E-state index contributed by atoms with van der Waals surface area (Å²) in [5, 5.41) is 21.9. The van der Waals surface area contributed by atoms with Crippen LogP contribution in [0.4, 0.5) is 5.82 Å². The van der Waals surface area contributed by atoms with Gasteiger partial charge in [-0.15, -0.1) is 5.10 Å². The highest BCUT2D eigenvalue weighted by atomic mass is 16.3. The molecule has 1 saturated heterocycles. The summed E-state index contributed by atoms with van der Waals surface area (Å²) in [6.07, 6.45) is 7.97. The predicted octanol–water partition coefficient (Wildman–Crippen LogP) is 3.16. The summed E-state index contributed by atoms with van der Waals surface area (Å²) in [4.78, 5) is 17.9. The number of carbonyl (C=O) groups is 1. The number of benzene rings is 1. The van der Waals surface area contributed by atoms with Crippen molar-refractivity contribution in [2.75, 3.05) is 19.6 Å². The van der Waals surface area contributed by atoms with E-state index in [1.807, 2.05) is 41.6 Å². The molecule has 1 N–H and O–H groups in total. The van der Waals surface area contributed by atoms with E-state index < -0.39 is 0 Å². The molecule has 0 unspecified atom stereocenters.